The Balaban J connectivity index is 2.94. The second-order valence-corrected chi connectivity index (χ2v) is 3.88. The highest BCUT2D eigenvalue weighted by Crippen LogP contribution is 2.31. The smallest absolute Gasteiger partial charge is 0.123 e. The first-order valence-corrected chi connectivity index (χ1v) is 5.87. The molecule has 1 aromatic rings. The predicted molar refractivity (Wildman–Crippen MR) is 74.5 cm³/mol. The Morgan fingerprint density at radius 2 is 1.65 bits per heavy atom. The highest BCUT2D eigenvalue weighted by atomic mass is 16.5. The lowest BCUT2D eigenvalue weighted by Gasteiger charge is -2.17. The van der Waals surface area contributed by atoms with Gasteiger partial charge in [-0.25, -0.2) is 0 Å². The molecule has 0 atom stereocenters. The molecule has 0 aromatic heterocycles. The van der Waals surface area contributed by atoms with Gasteiger partial charge in [0.25, 0.3) is 0 Å². The molecule has 0 bridgehead atoms. The predicted octanol–water partition coefficient (Wildman–Crippen LogP) is 4.49. The lowest BCUT2D eigenvalue weighted by Crippen LogP contribution is -2.02. The second-order valence-electron chi connectivity index (χ2n) is 3.88. The van der Waals surface area contributed by atoms with E-state index in [1.165, 1.54) is 5.56 Å². The minimum absolute atomic E-state index is 0.394. The van der Waals surface area contributed by atoms with Crippen LogP contribution in [0.25, 0.3) is 0 Å². The maximum Gasteiger partial charge on any atom is 0.123 e. The van der Waals surface area contributed by atoms with Gasteiger partial charge in [0.15, 0.2) is 0 Å². The zero-order valence-electron chi connectivity index (χ0n) is 10.3. The standard InChI is InChI=1S/C16H20O/c1-4-9-14(10-5-2)15-11-7-8-12-16(15)17-13-6-3/h4-8,11-12,14H,1-3,9-10,13H2. The van der Waals surface area contributed by atoms with E-state index in [2.05, 4.69) is 25.8 Å². The average molecular weight is 228 g/mol. The third kappa shape index (κ3) is 3.95. The Bertz CT molecular complexity index is 369. The zero-order valence-corrected chi connectivity index (χ0v) is 10.3. The van der Waals surface area contributed by atoms with Crippen molar-refractivity contribution < 1.29 is 4.74 Å². The zero-order chi connectivity index (χ0) is 12.5. The maximum atomic E-state index is 5.67. The third-order valence-electron chi connectivity index (χ3n) is 2.62. The minimum atomic E-state index is 0.394. The number of ether oxygens (including phenoxy) is 1. The molecule has 90 valence electrons. The van der Waals surface area contributed by atoms with Crippen molar-refractivity contribution in [2.24, 2.45) is 0 Å². The Labute approximate surface area is 104 Å². The molecule has 1 rings (SSSR count). The molecular weight excluding hydrogens is 208 g/mol. The van der Waals surface area contributed by atoms with Crippen LogP contribution in [0.5, 0.6) is 5.75 Å². The van der Waals surface area contributed by atoms with Crippen molar-refractivity contribution in [3.05, 3.63) is 67.8 Å². The van der Waals surface area contributed by atoms with Crippen molar-refractivity contribution in [2.75, 3.05) is 6.61 Å². The Morgan fingerprint density at radius 3 is 2.24 bits per heavy atom. The topological polar surface area (TPSA) is 9.23 Å². The van der Waals surface area contributed by atoms with Gasteiger partial charge in [-0.1, -0.05) is 43.0 Å². The molecule has 0 amide bonds. The fourth-order valence-electron chi connectivity index (χ4n) is 1.85. The molecule has 0 heterocycles. The first-order valence-electron chi connectivity index (χ1n) is 5.87. The summed E-state index contributed by atoms with van der Waals surface area (Å²) in [6.45, 7) is 11.8. The highest BCUT2D eigenvalue weighted by Gasteiger charge is 2.13. The van der Waals surface area contributed by atoms with E-state index in [0.29, 0.717) is 12.5 Å². The summed E-state index contributed by atoms with van der Waals surface area (Å²) in [5.41, 5.74) is 1.22. The van der Waals surface area contributed by atoms with Crippen LogP contribution in [0.1, 0.15) is 24.3 Å². The second kappa shape index (κ2) is 7.50. The summed E-state index contributed by atoms with van der Waals surface area (Å²) in [5, 5.41) is 0. The van der Waals surface area contributed by atoms with E-state index >= 15 is 0 Å². The highest BCUT2D eigenvalue weighted by molar-refractivity contribution is 5.37. The van der Waals surface area contributed by atoms with Crippen LogP contribution in [0.2, 0.25) is 0 Å². The van der Waals surface area contributed by atoms with Crippen LogP contribution >= 0.6 is 0 Å². The van der Waals surface area contributed by atoms with Gasteiger partial charge in [-0.2, -0.15) is 0 Å². The van der Waals surface area contributed by atoms with Crippen molar-refractivity contribution in [2.45, 2.75) is 18.8 Å². The summed E-state index contributed by atoms with van der Waals surface area (Å²) in [7, 11) is 0. The minimum Gasteiger partial charge on any atom is -0.489 e. The normalized spacial score (nSPS) is 9.94. The number of hydrogen-bond donors (Lipinski definition) is 0. The van der Waals surface area contributed by atoms with E-state index in [-0.39, 0.29) is 0 Å². The lowest BCUT2D eigenvalue weighted by molar-refractivity contribution is 0.356. The van der Waals surface area contributed by atoms with Crippen molar-refractivity contribution >= 4 is 0 Å². The molecule has 1 heteroatoms. The lowest BCUT2D eigenvalue weighted by atomic mass is 9.92. The van der Waals surface area contributed by atoms with E-state index in [9.17, 15) is 0 Å². The summed E-state index contributed by atoms with van der Waals surface area (Å²) in [6, 6.07) is 8.13. The quantitative estimate of drug-likeness (QED) is 0.596. The van der Waals surface area contributed by atoms with Crippen molar-refractivity contribution in [3.63, 3.8) is 0 Å². The Kier molecular flexibility index (Phi) is 5.87. The maximum absolute atomic E-state index is 5.67. The third-order valence-corrected chi connectivity index (χ3v) is 2.62. The molecule has 17 heavy (non-hydrogen) atoms. The summed E-state index contributed by atoms with van der Waals surface area (Å²) >= 11 is 0. The fraction of sp³-hybridized carbons (Fsp3) is 0.250. The van der Waals surface area contributed by atoms with Crippen LogP contribution in [0, 0.1) is 0 Å². The van der Waals surface area contributed by atoms with E-state index in [1.54, 1.807) is 6.08 Å². The molecule has 1 aromatic carbocycles. The van der Waals surface area contributed by atoms with Crippen LogP contribution in [0.15, 0.2) is 62.2 Å². The first-order chi connectivity index (χ1) is 8.33. The molecule has 0 spiro atoms. The van der Waals surface area contributed by atoms with Crippen LogP contribution in [-0.4, -0.2) is 6.61 Å². The summed E-state index contributed by atoms with van der Waals surface area (Å²) in [4.78, 5) is 0. The summed E-state index contributed by atoms with van der Waals surface area (Å²) in [5.74, 6) is 1.33. The summed E-state index contributed by atoms with van der Waals surface area (Å²) < 4.78 is 5.67. The molecule has 0 fully saturated rings. The molecular formula is C16H20O. The monoisotopic (exact) mass is 228 g/mol. The van der Waals surface area contributed by atoms with Crippen molar-refractivity contribution in [1.82, 2.24) is 0 Å². The Morgan fingerprint density at radius 1 is 1.00 bits per heavy atom. The van der Waals surface area contributed by atoms with Crippen molar-refractivity contribution in [3.8, 4) is 5.75 Å². The Hall–Kier alpha value is -1.76. The fourth-order valence-corrected chi connectivity index (χ4v) is 1.85. The van der Waals surface area contributed by atoms with E-state index in [0.717, 1.165) is 18.6 Å². The van der Waals surface area contributed by atoms with Gasteiger partial charge in [0.1, 0.15) is 12.4 Å². The van der Waals surface area contributed by atoms with Gasteiger partial charge in [0, 0.05) is 0 Å². The van der Waals surface area contributed by atoms with Gasteiger partial charge < -0.3 is 4.74 Å². The molecule has 1 nitrogen and oxygen atoms in total. The van der Waals surface area contributed by atoms with Gasteiger partial charge in [0.05, 0.1) is 0 Å². The molecule has 0 radical (unpaired) electrons. The molecule has 0 aliphatic carbocycles. The van der Waals surface area contributed by atoms with Gasteiger partial charge in [-0.3, -0.25) is 0 Å². The van der Waals surface area contributed by atoms with Gasteiger partial charge in [0.2, 0.25) is 0 Å². The van der Waals surface area contributed by atoms with E-state index < -0.39 is 0 Å². The SMILES string of the molecule is C=CCOc1ccccc1C(CC=C)CC=C. The van der Waals surface area contributed by atoms with E-state index in [1.807, 2.05) is 30.4 Å². The number of benzene rings is 1. The van der Waals surface area contributed by atoms with Crippen LogP contribution in [-0.2, 0) is 0 Å². The molecule has 0 unspecified atom stereocenters. The van der Waals surface area contributed by atoms with Gasteiger partial charge in [-0.15, -0.1) is 13.2 Å². The van der Waals surface area contributed by atoms with Crippen molar-refractivity contribution in [1.29, 1.82) is 0 Å². The average Bonchev–Trinajstić information content (AvgIpc) is 2.36. The van der Waals surface area contributed by atoms with Crippen LogP contribution in [0.3, 0.4) is 0 Å². The largest absolute Gasteiger partial charge is 0.489 e. The molecule has 0 saturated carbocycles. The van der Waals surface area contributed by atoms with E-state index in [4.69, 9.17) is 4.74 Å². The molecule has 0 N–H and O–H groups in total. The van der Waals surface area contributed by atoms with Gasteiger partial charge >= 0.3 is 0 Å². The van der Waals surface area contributed by atoms with Crippen LogP contribution < -0.4 is 4.74 Å². The molecule has 0 saturated heterocycles. The number of rotatable bonds is 8. The van der Waals surface area contributed by atoms with Gasteiger partial charge in [-0.05, 0) is 30.4 Å². The first kappa shape index (κ1) is 13.3. The number of allylic oxidation sites excluding steroid dienone is 2. The number of para-hydroxylation sites is 1. The summed E-state index contributed by atoms with van der Waals surface area (Å²) in [6.07, 6.45) is 7.50. The molecule has 0 aliphatic heterocycles. The number of hydrogen-bond acceptors (Lipinski definition) is 1. The van der Waals surface area contributed by atoms with Crippen LogP contribution in [0.4, 0.5) is 0 Å². The molecule has 0 aliphatic rings.